The molecule has 19 heavy (non-hydrogen) atoms. The summed E-state index contributed by atoms with van der Waals surface area (Å²) in [6.07, 6.45) is 4.37. The van der Waals surface area contributed by atoms with Crippen molar-refractivity contribution in [2.24, 2.45) is 11.7 Å². The summed E-state index contributed by atoms with van der Waals surface area (Å²) in [4.78, 5) is 14.2. The van der Waals surface area contributed by atoms with E-state index in [2.05, 4.69) is 31.0 Å². The summed E-state index contributed by atoms with van der Waals surface area (Å²) in [5.74, 6) is 0.451. The molecule has 112 valence electrons. The van der Waals surface area contributed by atoms with Crippen molar-refractivity contribution >= 4 is 5.91 Å². The van der Waals surface area contributed by atoms with Crippen LogP contribution < -0.4 is 11.1 Å². The van der Waals surface area contributed by atoms with Gasteiger partial charge in [-0.25, -0.2) is 0 Å². The Hall–Kier alpha value is -0.610. The normalized spacial score (nSPS) is 23.7. The van der Waals surface area contributed by atoms with E-state index in [1.54, 1.807) is 0 Å². The Bertz CT molecular complexity index is 293. The number of likely N-dealkylation sites (tertiary alicyclic amines) is 1. The first kappa shape index (κ1) is 16.4. The first-order valence-corrected chi connectivity index (χ1v) is 7.69. The lowest BCUT2D eigenvalue weighted by molar-refractivity contribution is -0.124. The molecule has 2 atom stereocenters. The van der Waals surface area contributed by atoms with Crippen LogP contribution >= 0.6 is 0 Å². The van der Waals surface area contributed by atoms with Gasteiger partial charge in [-0.2, -0.15) is 0 Å². The standard InChI is InChI=1S/C15H31N3O/c1-5-9-17-15(4,14(16)19)8-11-18-10-6-7-13(18)12(2)3/h12-13,17H,5-11H2,1-4H3,(H2,16,19). The highest BCUT2D eigenvalue weighted by Gasteiger charge is 2.33. The van der Waals surface area contributed by atoms with E-state index in [9.17, 15) is 4.79 Å². The largest absolute Gasteiger partial charge is 0.368 e. The minimum Gasteiger partial charge on any atom is -0.368 e. The fourth-order valence-electron chi connectivity index (χ4n) is 2.95. The van der Waals surface area contributed by atoms with Crippen LogP contribution in [0.1, 0.15) is 53.4 Å². The number of primary amides is 1. The van der Waals surface area contributed by atoms with Crippen LogP contribution in [-0.2, 0) is 4.79 Å². The third-order valence-corrected chi connectivity index (χ3v) is 4.39. The van der Waals surface area contributed by atoms with Crippen molar-refractivity contribution in [1.82, 2.24) is 10.2 Å². The molecule has 0 radical (unpaired) electrons. The molecule has 0 bridgehead atoms. The summed E-state index contributed by atoms with van der Waals surface area (Å²) >= 11 is 0. The van der Waals surface area contributed by atoms with E-state index in [-0.39, 0.29) is 5.91 Å². The number of hydrogen-bond donors (Lipinski definition) is 2. The van der Waals surface area contributed by atoms with E-state index >= 15 is 0 Å². The Labute approximate surface area is 118 Å². The SMILES string of the molecule is CCCNC(C)(CCN1CCCC1C(C)C)C(N)=O. The van der Waals surface area contributed by atoms with Gasteiger partial charge >= 0.3 is 0 Å². The summed E-state index contributed by atoms with van der Waals surface area (Å²) in [5.41, 5.74) is 5.00. The molecule has 1 amide bonds. The quantitative estimate of drug-likeness (QED) is 0.705. The van der Waals surface area contributed by atoms with Crippen LogP contribution in [0.15, 0.2) is 0 Å². The number of carbonyl (C=O) groups is 1. The molecule has 1 aliphatic heterocycles. The predicted molar refractivity (Wildman–Crippen MR) is 79.9 cm³/mol. The van der Waals surface area contributed by atoms with Gasteiger partial charge in [-0.15, -0.1) is 0 Å². The molecule has 0 aromatic rings. The van der Waals surface area contributed by atoms with Gasteiger partial charge in [-0.1, -0.05) is 20.8 Å². The van der Waals surface area contributed by atoms with Crippen LogP contribution in [0.3, 0.4) is 0 Å². The van der Waals surface area contributed by atoms with Gasteiger partial charge in [0, 0.05) is 12.6 Å². The fraction of sp³-hybridized carbons (Fsp3) is 0.933. The van der Waals surface area contributed by atoms with E-state index in [1.165, 1.54) is 12.8 Å². The minimum absolute atomic E-state index is 0.235. The van der Waals surface area contributed by atoms with Crippen LogP contribution in [0, 0.1) is 5.92 Å². The Balaban J connectivity index is 2.54. The fourth-order valence-corrected chi connectivity index (χ4v) is 2.95. The molecule has 1 aliphatic rings. The van der Waals surface area contributed by atoms with Gasteiger partial charge in [0.15, 0.2) is 0 Å². The van der Waals surface area contributed by atoms with E-state index in [1.807, 2.05) is 6.92 Å². The molecule has 1 heterocycles. The first-order chi connectivity index (χ1) is 8.90. The smallest absolute Gasteiger partial charge is 0.237 e. The Morgan fingerprint density at radius 2 is 2.21 bits per heavy atom. The summed E-state index contributed by atoms with van der Waals surface area (Å²) in [6.45, 7) is 11.6. The maximum Gasteiger partial charge on any atom is 0.237 e. The third-order valence-electron chi connectivity index (χ3n) is 4.39. The highest BCUT2D eigenvalue weighted by molar-refractivity contribution is 5.84. The van der Waals surface area contributed by atoms with Gasteiger partial charge in [0.05, 0.1) is 5.54 Å². The number of hydrogen-bond acceptors (Lipinski definition) is 3. The zero-order chi connectivity index (χ0) is 14.5. The maximum atomic E-state index is 11.7. The maximum absolute atomic E-state index is 11.7. The third kappa shape index (κ3) is 4.46. The van der Waals surface area contributed by atoms with Crippen LogP contribution in [0.4, 0.5) is 0 Å². The number of carbonyl (C=O) groups excluding carboxylic acids is 1. The van der Waals surface area contributed by atoms with Crippen molar-refractivity contribution in [1.29, 1.82) is 0 Å². The van der Waals surface area contributed by atoms with Gasteiger partial charge < -0.3 is 16.0 Å². The van der Waals surface area contributed by atoms with Crippen molar-refractivity contribution in [3.63, 3.8) is 0 Å². The minimum atomic E-state index is -0.569. The van der Waals surface area contributed by atoms with Gasteiger partial charge in [-0.3, -0.25) is 4.79 Å². The number of rotatable bonds is 8. The van der Waals surface area contributed by atoms with Crippen molar-refractivity contribution in [3.05, 3.63) is 0 Å². The van der Waals surface area contributed by atoms with Crippen molar-refractivity contribution < 1.29 is 4.79 Å². The van der Waals surface area contributed by atoms with Crippen LogP contribution in [0.5, 0.6) is 0 Å². The monoisotopic (exact) mass is 269 g/mol. The molecule has 1 rings (SSSR count). The van der Waals surface area contributed by atoms with Crippen LogP contribution in [0.25, 0.3) is 0 Å². The first-order valence-electron chi connectivity index (χ1n) is 7.69. The predicted octanol–water partition coefficient (Wildman–Crippen LogP) is 1.74. The lowest BCUT2D eigenvalue weighted by Crippen LogP contribution is -2.55. The average Bonchev–Trinajstić information content (AvgIpc) is 2.82. The molecule has 0 aromatic carbocycles. The van der Waals surface area contributed by atoms with E-state index in [0.717, 1.165) is 32.5 Å². The van der Waals surface area contributed by atoms with Gasteiger partial charge in [0.2, 0.25) is 5.91 Å². The Morgan fingerprint density at radius 1 is 1.53 bits per heavy atom. The van der Waals surface area contributed by atoms with Crippen LogP contribution in [0.2, 0.25) is 0 Å². The molecule has 3 N–H and O–H groups in total. The molecule has 2 unspecified atom stereocenters. The van der Waals surface area contributed by atoms with Gasteiger partial charge in [0.1, 0.15) is 0 Å². The average molecular weight is 269 g/mol. The molecule has 4 nitrogen and oxygen atoms in total. The molecule has 1 fully saturated rings. The van der Waals surface area contributed by atoms with E-state index < -0.39 is 5.54 Å². The van der Waals surface area contributed by atoms with Crippen molar-refractivity contribution in [2.75, 3.05) is 19.6 Å². The lowest BCUT2D eigenvalue weighted by Gasteiger charge is -2.33. The molecule has 1 saturated heterocycles. The summed E-state index contributed by atoms with van der Waals surface area (Å²) in [5, 5.41) is 3.31. The molecule has 0 saturated carbocycles. The van der Waals surface area contributed by atoms with Crippen LogP contribution in [-0.4, -0.2) is 42.0 Å². The molecular formula is C15H31N3O. The summed E-state index contributed by atoms with van der Waals surface area (Å²) in [7, 11) is 0. The molecule has 4 heteroatoms. The molecule has 0 aliphatic carbocycles. The summed E-state index contributed by atoms with van der Waals surface area (Å²) in [6, 6.07) is 0.670. The van der Waals surface area contributed by atoms with Gasteiger partial charge in [0.25, 0.3) is 0 Å². The van der Waals surface area contributed by atoms with E-state index in [0.29, 0.717) is 12.0 Å². The van der Waals surface area contributed by atoms with E-state index in [4.69, 9.17) is 5.73 Å². The molecular weight excluding hydrogens is 238 g/mol. The number of amides is 1. The molecule has 0 aromatic heterocycles. The van der Waals surface area contributed by atoms with Gasteiger partial charge in [-0.05, 0) is 51.6 Å². The van der Waals surface area contributed by atoms with Crippen molar-refractivity contribution in [3.8, 4) is 0 Å². The number of nitrogens with zero attached hydrogens (tertiary/aromatic N) is 1. The zero-order valence-electron chi connectivity index (χ0n) is 13.0. The number of nitrogens with one attached hydrogen (secondary N) is 1. The zero-order valence-corrected chi connectivity index (χ0v) is 13.0. The second kappa shape index (κ2) is 7.25. The second-order valence-electron chi connectivity index (χ2n) is 6.36. The number of nitrogens with two attached hydrogens (primary N) is 1. The highest BCUT2D eigenvalue weighted by atomic mass is 16.1. The Morgan fingerprint density at radius 3 is 2.74 bits per heavy atom. The summed E-state index contributed by atoms with van der Waals surface area (Å²) < 4.78 is 0. The Kier molecular flexibility index (Phi) is 6.27. The highest BCUT2D eigenvalue weighted by Crippen LogP contribution is 2.25. The molecule has 0 spiro atoms. The lowest BCUT2D eigenvalue weighted by atomic mass is 9.95. The second-order valence-corrected chi connectivity index (χ2v) is 6.36. The topological polar surface area (TPSA) is 58.4 Å². The van der Waals surface area contributed by atoms with Crippen molar-refractivity contribution in [2.45, 2.75) is 65.0 Å².